The van der Waals surface area contributed by atoms with Crippen molar-refractivity contribution in [1.82, 2.24) is 10.2 Å². The number of phenols is 1. The zero-order valence-electron chi connectivity index (χ0n) is 12.9. The molecule has 2 rings (SSSR count). The van der Waals surface area contributed by atoms with Crippen molar-refractivity contribution in [3.63, 3.8) is 0 Å². The lowest BCUT2D eigenvalue weighted by Crippen LogP contribution is -2.44. The lowest BCUT2D eigenvalue weighted by Gasteiger charge is -2.36. The minimum Gasteiger partial charge on any atom is -0.504 e. The Hall–Kier alpha value is -1.75. The highest BCUT2D eigenvalue weighted by Crippen LogP contribution is 2.31. The molecule has 5 heteroatoms. The number of phenolic OH excluding ortho intramolecular Hbond substituents is 1. The second-order valence-corrected chi connectivity index (χ2v) is 5.62. The van der Waals surface area contributed by atoms with Gasteiger partial charge in [0.1, 0.15) is 0 Å². The number of amides is 1. The molecule has 1 aromatic rings. The molecule has 0 radical (unpaired) electrons. The monoisotopic (exact) mass is 292 g/mol. The number of nitrogens with zero attached hydrogens (tertiary/aromatic N) is 1. The van der Waals surface area contributed by atoms with Crippen LogP contribution in [0.15, 0.2) is 18.2 Å². The summed E-state index contributed by atoms with van der Waals surface area (Å²) >= 11 is 0. The van der Waals surface area contributed by atoms with E-state index in [1.54, 1.807) is 20.1 Å². The van der Waals surface area contributed by atoms with Crippen molar-refractivity contribution in [2.24, 2.45) is 0 Å². The first-order valence-corrected chi connectivity index (χ1v) is 7.39. The number of likely N-dealkylation sites (tertiary alicyclic amines) is 1. The van der Waals surface area contributed by atoms with Crippen LogP contribution in [-0.2, 0) is 4.79 Å². The Labute approximate surface area is 125 Å². The average molecular weight is 292 g/mol. The summed E-state index contributed by atoms with van der Waals surface area (Å²) in [5.41, 5.74) is 1.13. The molecule has 21 heavy (non-hydrogen) atoms. The summed E-state index contributed by atoms with van der Waals surface area (Å²) in [5.74, 6) is 0.718. The van der Waals surface area contributed by atoms with Gasteiger partial charge in [-0.25, -0.2) is 0 Å². The van der Waals surface area contributed by atoms with Crippen molar-refractivity contribution in [3.8, 4) is 11.5 Å². The van der Waals surface area contributed by atoms with Crippen molar-refractivity contribution >= 4 is 5.91 Å². The fraction of sp³-hybridized carbons (Fsp3) is 0.562. The van der Waals surface area contributed by atoms with Crippen LogP contribution in [0, 0.1) is 0 Å². The van der Waals surface area contributed by atoms with E-state index >= 15 is 0 Å². The van der Waals surface area contributed by atoms with E-state index in [0.717, 1.165) is 31.5 Å². The lowest BCUT2D eigenvalue weighted by molar-refractivity contribution is -0.120. The van der Waals surface area contributed by atoms with Crippen LogP contribution in [0.2, 0.25) is 0 Å². The van der Waals surface area contributed by atoms with Crippen molar-refractivity contribution in [1.29, 1.82) is 0 Å². The molecular weight excluding hydrogens is 268 g/mol. The van der Waals surface area contributed by atoms with E-state index in [0.29, 0.717) is 11.8 Å². The van der Waals surface area contributed by atoms with E-state index < -0.39 is 0 Å². The zero-order valence-corrected chi connectivity index (χ0v) is 12.9. The second-order valence-electron chi connectivity index (χ2n) is 5.62. The predicted molar refractivity (Wildman–Crippen MR) is 81.5 cm³/mol. The number of carbonyl (C=O) groups is 1. The summed E-state index contributed by atoms with van der Waals surface area (Å²) in [7, 11) is 1.56. The maximum Gasteiger partial charge on any atom is 0.217 e. The molecule has 2 N–H and O–H groups in total. The minimum absolute atomic E-state index is 0.0461. The van der Waals surface area contributed by atoms with Crippen LogP contribution in [-0.4, -0.2) is 42.2 Å². The van der Waals surface area contributed by atoms with Gasteiger partial charge in [-0.1, -0.05) is 6.07 Å². The summed E-state index contributed by atoms with van der Waals surface area (Å²) in [6.45, 7) is 5.63. The number of piperidine rings is 1. The number of rotatable bonds is 4. The molecule has 1 heterocycles. The molecule has 116 valence electrons. The number of hydrogen-bond donors (Lipinski definition) is 2. The Morgan fingerprint density at radius 3 is 2.67 bits per heavy atom. The van der Waals surface area contributed by atoms with Crippen LogP contribution < -0.4 is 10.1 Å². The van der Waals surface area contributed by atoms with E-state index in [1.165, 1.54) is 0 Å². The fourth-order valence-corrected chi connectivity index (χ4v) is 2.88. The van der Waals surface area contributed by atoms with E-state index in [2.05, 4.69) is 17.1 Å². The van der Waals surface area contributed by atoms with Crippen molar-refractivity contribution < 1.29 is 14.6 Å². The third-order valence-corrected chi connectivity index (χ3v) is 4.17. The van der Waals surface area contributed by atoms with Gasteiger partial charge in [0, 0.05) is 32.1 Å². The highest BCUT2D eigenvalue weighted by Gasteiger charge is 2.24. The van der Waals surface area contributed by atoms with Crippen LogP contribution in [0.5, 0.6) is 11.5 Å². The Bertz CT molecular complexity index is 496. The van der Waals surface area contributed by atoms with Gasteiger partial charge in [0.2, 0.25) is 5.91 Å². The van der Waals surface area contributed by atoms with Gasteiger partial charge in [-0.2, -0.15) is 0 Å². The van der Waals surface area contributed by atoms with Crippen molar-refractivity contribution in [2.45, 2.75) is 38.8 Å². The SMILES string of the molecule is COc1cc(C(C)N2CCC(NC(C)=O)CC2)ccc1O. The molecule has 0 spiro atoms. The van der Waals surface area contributed by atoms with Crippen LogP contribution in [0.3, 0.4) is 0 Å². The summed E-state index contributed by atoms with van der Waals surface area (Å²) < 4.78 is 5.17. The highest BCUT2D eigenvalue weighted by atomic mass is 16.5. The second kappa shape index (κ2) is 6.80. The number of ether oxygens (including phenoxy) is 1. The first-order chi connectivity index (χ1) is 10.0. The van der Waals surface area contributed by atoms with Crippen LogP contribution in [0.4, 0.5) is 0 Å². The first-order valence-electron chi connectivity index (χ1n) is 7.39. The molecule has 1 aromatic carbocycles. The molecule has 1 unspecified atom stereocenters. The maximum absolute atomic E-state index is 11.1. The molecule has 0 bridgehead atoms. The molecule has 1 amide bonds. The quantitative estimate of drug-likeness (QED) is 0.892. The van der Waals surface area contributed by atoms with Crippen LogP contribution in [0.1, 0.15) is 38.3 Å². The van der Waals surface area contributed by atoms with Gasteiger partial charge >= 0.3 is 0 Å². The molecule has 0 aromatic heterocycles. The topological polar surface area (TPSA) is 61.8 Å². The minimum atomic E-state index is 0.0461. The third kappa shape index (κ3) is 3.88. The third-order valence-electron chi connectivity index (χ3n) is 4.17. The van der Waals surface area contributed by atoms with Crippen LogP contribution in [0.25, 0.3) is 0 Å². The normalized spacial score (nSPS) is 18.2. The fourth-order valence-electron chi connectivity index (χ4n) is 2.88. The van der Waals surface area contributed by atoms with Gasteiger partial charge < -0.3 is 15.2 Å². The smallest absolute Gasteiger partial charge is 0.217 e. The molecular formula is C16H24N2O3. The number of hydrogen-bond acceptors (Lipinski definition) is 4. The van der Waals surface area contributed by atoms with E-state index in [9.17, 15) is 9.90 Å². The summed E-state index contributed by atoms with van der Waals surface area (Å²) in [6, 6.07) is 6.05. The van der Waals surface area contributed by atoms with Gasteiger partial charge in [-0.3, -0.25) is 9.69 Å². The Balaban J connectivity index is 1.98. The average Bonchev–Trinajstić information content (AvgIpc) is 2.47. The molecule has 1 fully saturated rings. The molecule has 0 saturated carbocycles. The van der Waals surface area contributed by atoms with Gasteiger partial charge in [-0.15, -0.1) is 0 Å². The molecule has 0 aliphatic carbocycles. The Morgan fingerprint density at radius 1 is 1.43 bits per heavy atom. The van der Waals surface area contributed by atoms with Gasteiger partial charge in [0.15, 0.2) is 11.5 Å². The summed E-state index contributed by atoms with van der Waals surface area (Å²) in [6.07, 6.45) is 1.94. The number of carbonyl (C=O) groups excluding carboxylic acids is 1. The molecule has 1 aliphatic rings. The van der Waals surface area contributed by atoms with Crippen LogP contribution >= 0.6 is 0 Å². The largest absolute Gasteiger partial charge is 0.504 e. The van der Waals surface area contributed by atoms with Crippen molar-refractivity contribution in [2.75, 3.05) is 20.2 Å². The van der Waals surface area contributed by atoms with Gasteiger partial charge in [-0.05, 0) is 37.5 Å². The maximum atomic E-state index is 11.1. The number of methoxy groups -OCH3 is 1. The summed E-state index contributed by atoms with van der Waals surface area (Å²) in [4.78, 5) is 13.5. The van der Waals surface area contributed by atoms with E-state index in [-0.39, 0.29) is 17.7 Å². The van der Waals surface area contributed by atoms with Gasteiger partial charge in [0.25, 0.3) is 0 Å². The van der Waals surface area contributed by atoms with E-state index in [4.69, 9.17) is 4.74 Å². The zero-order chi connectivity index (χ0) is 15.4. The molecule has 5 nitrogen and oxygen atoms in total. The first kappa shape index (κ1) is 15.6. The molecule has 1 atom stereocenters. The summed E-state index contributed by atoms with van der Waals surface area (Å²) in [5, 5.41) is 12.7. The number of aromatic hydroxyl groups is 1. The number of benzene rings is 1. The van der Waals surface area contributed by atoms with Crippen molar-refractivity contribution in [3.05, 3.63) is 23.8 Å². The standard InChI is InChI=1S/C16H24N2O3/c1-11(13-4-5-15(20)16(10-13)21-3)18-8-6-14(7-9-18)17-12(2)19/h4-5,10-11,14,20H,6-9H2,1-3H3,(H,17,19). The molecule has 1 saturated heterocycles. The van der Waals surface area contributed by atoms with E-state index in [1.807, 2.05) is 12.1 Å². The Morgan fingerprint density at radius 2 is 2.10 bits per heavy atom. The van der Waals surface area contributed by atoms with Gasteiger partial charge in [0.05, 0.1) is 7.11 Å². The highest BCUT2D eigenvalue weighted by molar-refractivity contribution is 5.73. The predicted octanol–water partition coefficient (Wildman–Crippen LogP) is 2.06. The lowest BCUT2D eigenvalue weighted by atomic mass is 10.00. The number of nitrogens with one attached hydrogen (secondary N) is 1. The molecule has 1 aliphatic heterocycles. The Kier molecular flexibility index (Phi) is 5.07.